The molecule has 2 nitrogen and oxygen atoms in total. The summed E-state index contributed by atoms with van der Waals surface area (Å²) in [5.41, 5.74) is 0.526. The largest absolute Gasteiger partial charge is 0.386 e. The van der Waals surface area contributed by atoms with E-state index in [0.717, 1.165) is 21.9 Å². The van der Waals surface area contributed by atoms with E-state index in [1.54, 1.807) is 13.0 Å². The van der Waals surface area contributed by atoms with Crippen molar-refractivity contribution in [3.8, 4) is 0 Å². The second-order valence-corrected chi connectivity index (χ2v) is 6.65. The van der Waals surface area contributed by atoms with Gasteiger partial charge in [0.05, 0.1) is 0 Å². The summed E-state index contributed by atoms with van der Waals surface area (Å²) in [4.78, 5) is 0. The van der Waals surface area contributed by atoms with Crippen LogP contribution in [0.1, 0.15) is 18.1 Å². The Morgan fingerprint density at radius 1 is 0.913 bits per heavy atom. The number of hydrogen-bond donors (Lipinski definition) is 2. The normalized spacial score (nSPS) is 23.9. The molecule has 0 radical (unpaired) electrons. The summed E-state index contributed by atoms with van der Waals surface area (Å²) in [7, 11) is 0. The van der Waals surface area contributed by atoms with Crippen LogP contribution in [0.3, 0.4) is 0 Å². The van der Waals surface area contributed by atoms with Gasteiger partial charge in [-0.25, -0.2) is 0 Å². The van der Waals surface area contributed by atoms with Crippen molar-refractivity contribution in [2.75, 3.05) is 0 Å². The molecule has 0 saturated heterocycles. The Balaban J connectivity index is 2.05. The first-order valence-electron chi connectivity index (χ1n) is 7.87. The monoisotopic (exact) mass is 300 g/mol. The first kappa shape index (κ1) is 13.1. The maximum Gasteiger partial charge on any atom is 0.117 e. The molecule has 0 bridgehead atoms. The molecule has 2 N–H and O–H groups in total. The fraction of sp³-hybridized carbons (Fsp3) is 0.143. The highest BCUT2D eigenvalue weighted by Gasteiger charge is 2.36. The predicted octanol–water partition coefficient (Wildman–Crippen LogP) is 4.18. The van der Waals surface area contributed by atoms with Gasteiger partial charge in [0.25, 0.3) is 0 Å². The molecule has 1 aliphatic carbocycles. The van der Waals surface area contributed by atoms with E-state index >= 15 is 0 Å². The highest BCUT2D eigenvalue weighted by Crippen LogP contribution is 2.43. The van der Waals surface area contributed by atoms with Crippen LogP contribution in [0.25, 0.3) is 38.4 Å². The third kappa shape index (κ3) is 1.55. The topological polar surface area (TPSA) is 40.5 Å². The Kier molecular flexibility index (Phi) is 2.33. The molecule has 112 valence electrons. The molecule has 4 aromatic rings. The second kappa shape index (κ2) is 4.10. The third-order valence-electron chi connectivity index (χ3n) is 5.26. The minimum Gasteiger partial charge on any atom is -0.386 e. The van der Waals surface area contributed by atoms with E-state index in [1.807, 2.05) is 12.1 Å². The Morgan fingerprint density at radius 2 is 1.61 bits per heavy atom. The molecule has 2 atom stereocenters. The molecule has 0 aromatic heterocycles. The standard InChI is InChI=1S/C21H16O2/c1-21(23)17-11-14-6-5-12-3-2-4-13-7-8-16(20(14)19(12)13)15(17)9-10-18(21)22/h2-11,18,22-23H,1H3/t18-,21-/m0/s1. The van der Waals surface area contributed by atoms with Gasteiger partial charge in [-0.15, -0.1) is 0 Å². The average molecular weight is 300 g/mol. The van der Waals surface area contributed by atoms with E-state index in [0.29, 0.717) is 0 Å². The number of aliphatic hydroxyl groups is 2. The Morgan fingerprint density at radius 3 is 2.39 bits per heavy atom. The predicted molar refractivity (Wildman–Crippen MR) is 94.8 cm³/mol. The zero-order valence-electron chi connectivity index (χ0n) is 12.7. The fourth-order valence-corrected chi connectivity index (χ4v) is 3.96. The van der Waals surface area contributed by atoms with Crippen LogP contribution in [0.5, 0.6) is 0 Å². The van der Waals surface area contributed by atoms with Crippen molar-refractivity contribution in [1.29, 1.82) is 0 Å². The van der Waals surface area contributed by atoms with Gasteiger partial charge in [0, 0.05) is 0 Å². The highest BCUT2D eigenvalue weighted by atomic mass is 16.3. The van der Waals surface area contributed by atoms with E-state index in [-0.39, 0.29) is 0 Å². The Hall–Kier alpha value is -2.42. The van der Waals surface area contributed by atoms with Crippen LogP contribution in [-0.2, 0) is 5.60 Å². The van der Waals surface area contributed by atoms with E-state index < -0.39 is 11.7 Å². The van der Waals surface area contributed by atoms with Crippen molar-refractivity contribution in [3.63, 3.8) is 0 Å². The molecular weight excluding hydrogens is 284 g/mol. The van der Waals surface area contributed by atoms with Gasteiger partial charge >= 0.3 is 0 Å². The van der Waals surface area contributed by atoms with Crippen molar-refractivity contribution in [2.24, 2.45) is 0 Å². The lowest BCUT2D eigenvalue weighted by molar-refractivity contribution is -0.0434. The first-order chi connectivity index (χ1) is 11.1. The highest BCUT2D eigenvalue weighted by molar-refractivity contribution is 6.24. The molecule has 0 heterocycles. The minimum absolute atomic E-state index is 0.790. The maximum absolute atomic E-state index is 10.8. The van der Waals surface area contributed by atoms with Crippen molar-refractivity contribution >= 4 is 38.4 Å². The SMILES string of the molecule is C[C@]1(O)c2cc3ccc4cccc5ccc(c2C=C[C@@H]1O)c3c45. The smallest absolute Gasteiger partial charge is 0.117 e. The van der Waals surface area contributed by atoms with Gasteiger partial charge < -0.3 is 10.2 Å². The number of aliphatic hydroxyl groups excluding tert-OH is 1. The second-order valence-electron chi connectivity index (χ2n) is 6.65. The van der Waals surface area contributed by atoms with Gasteiger partial charge in [-0.2, -0.15) is 0 Å². The van der Waals surface area contributed by atoms with Crippen LogP contribution in [0.2, 0.25) is 0 Å². The lowest BCUT2D eigenvalue weighted by Crippen LogP contribution is -2.37. The average Bonchev–Trinajstić information content (AvgIpc) is 2.56. The Labute approximate surface area is 133 Å². The number of fused-ring (bicyclic) bond motifs is 2. The van der Waals surface area contributed by atoms with Crippen LogP contribution < -0.4 is 0 Å². The number of hydrogen-bond acceptors (Lipinski definition) is 2. The molecular formula is C21H16O2. The van der Waals surface area contributed by atoms with Gasteiger partial charge in [0.2, 0.25) is 0 Å². The van der Waals surface area contributed by atoms with Crippen molar-refractivity contribution in [2.45, 2.75) is 18.6 Å². The van der Waals surface area contributed by atoms with E-state index in [1.165, 1.54) is 21.5 Å². The van der Waals surface area contributed by atoms with Gasteiger partial charge in [0.1, 0.15) is 11.7 Å². The van der Waals surface area contributed by atoms with Gasteiger partial charge in [0.15, 0.2) is 0 Å². The van der Waals surface area contributed by atoms with E-state index in [9.17, 15) is 10.2 Å². The molecule has 0 spiro atoms. The molecule has 5 rings (SSSR count). The number of rotatable bonds is 0. The molecule has 1 aliphatic rings. The maximum atomic E-state index is 10.8. The van der Waals surface area contributed by atoms with Crippen molar-refractivity contribution in [3.05, 3.63) is 65.7 Å². The summed E-state index contributed by atoms with van der Waals surface area (Å²) in [5, 5.41) is 28.1. The van der Waals surface area contributed by atoms with E-state index in [4.69, 9.17) is 0 Å². The molecule has 0 unspecified atom stereocenters. The fourth-order valence-electron chi connectivity index (χ4n) is 3.96. The quantitative estimate of drug-likeness (QED) is 0.478. The van der Waals surface area contributed by atoms with Gasteiger partial charge in [-0.05, 0) is 56.4 Å². The minimum atomic E-state index is -1.27. The Bertz CT molecular complexity index is 1090. The van der Waals surface area contributed by atoms with Crippen LogP contribution in [0.15, 0.2) is 54.6 Å². The zero-order chi connectivity index (χ0) is 15.8. The summed E-state index contributed by atoms with van der Waals surface area (Å²) in [5.74, 6) is 0. The van der Waals surface area contributed by atoms with Gasteiger partial charge in [-0.3, -0.25) is 0 Å². The van der Waals surface area contributed by atoms with Crippen molar-refractivity contribution < 1.29 is 10.2 Å². The molecule has 2 heteroatoms. The van der Waals surface area contributed by atoms with Crippen LogP contribution in [-0.4, -0.2) is 16.3 Å². The van der Waals surface area contributed by atoms with Gasteiger partial charge in [-0.1, -0.05) is 54.6 Å². The lowest BCUT2D eigenvalue weighted by atomic mass is 9.78. The molecule has 4 aromatic carbocycles. The van der Waals surface area contributed by atoms with E-state index in [2.05, 4.69) is 42.5 Å². The van der Waals surface area contributed by atoms with Crippen LogP contribution in [0, 0.1) is 0 Å². The van der Waals surface area contributed by atoms with Crippen LogP contribution >= 0.6 is 0 Å². The summed E-state index contributed by atoms with van der Waals surface area (Å²) >= 11 is 0. The lowest BCUT2D eigenvalue weighted by Gasteiger charge is -2.33. The van der Waals surface area contributed by atoms with Crippen molar-refractivity contribution in [1.82, 2.24) is 0 Å². The summed E-state index contributed by atoms with van der Waals surface area (Å²) in [6.07, 6.45) is 2.73. The molecule has 0 fully saturated rings. The summed E-state index contributed by atoms with van der Waals surface area (Å²) < 4.78 is 0. The summed E-state index contributed by atoms with van der Waals surface area (Å²) in [6, 6.07) is 16.9. The molecule has 0 amide bonds. The molecule has 23 heavy (non-hydrogen) atoms. The first-order valence-corrected chi connectivity index (χ1v) is 7.87. The van der Waals surface area contributed by atoms with Crippen LogP contribution in [0.4, 0.5) is 0 Å². The molecule has 0 saturated carbocycles. The zero-order valence-corrected chi connectivity index (χ0v) is 12.7. The third-order valence-corrected chi connectivity index (χ3v) is 5.26. The molecule has 0 aliphatic heterocycles. The number of benzene rings is 4. The summed E-state index contributed by atoms with van der Waals surface area (Å²) in [6.45, 7) is 1.68.